The Kier molecular flexibility index (Phi) is 6.90. The number of anilines is 3. The van der Waals surface area contributed by atoms with E-state index in [4.69, 9.17) is 0 Å². The van der Waals surface area contributed by atoms with E-state index < -0.39 is 0 Å². The van der Waals surface area contributed by atoms with Crippen LogP contribution in [0, 0.1) is 13.8 Å². The second kappa shape index (κ2) is 10.4. The molecule has 0 aliphatic rings. The molecule has 0 saturated heterocycles. The Labute approximate surface area is 193 Å². The number of aromatic nitrogens is 3. The van der Waals surface area contributed by atoms with Gasteiger partial charge in [-0.25, -0.2) is 15.0 Å². The van der Waals surface area contributed by atoms with E-state index in [0.717, 1.165) is 22.5 Å². The Balaban J connectivity index is 1.29. The predicted octanol–water partition coefficient (Wildman–Crippen LogP) is 4.74. The monoisotopic (exact) mass is 438 g/mol. The number of pyridine rings is 1. The fraction of sp³-hybridized carbons (Fsp3) is 0.154. The highest BCUT2D eigenvalue weighted by atomic mass is 16.1. The average molecular weight is 439 g/mol. The number of rotatable bonds is 8. The number of benzene rings is 2. The van der Waals surface area contributed by atoms with Gasteiger partial charge < -0.3 is 16.0 Å². The highest BCUT2D eigenvalue weighted by Crippen LogP contribution is 2.19. The molecule has 7 nitrogen and oxygen atoms in total. The van der Waals surface area contributed by atoms with Crippen molar-refractivity contribution in [3.63, 3.8) is 0 Å². The van der Waals surface area contributed by atoms with E-state index >= 15 is 0 Å². The van der Waals surface area contributed by atoms with E-state index in [1.807, 2.05) is 86.6 Å². The van der Waals surface area contributed by atoms with Crippen LogP contribution in [-0.2, 0) is 0 Å². The largest absolute Gasteiger partial charge is 0.368 e. The van der Waals surface area contributed by atoms with Crippen molar-refractivity contribution in [1.29, 1.82) is 0 Å². The summed E-state index contributed by atoms with van der Waals surface area (Å²) in [5.41, 5.74) is 3.95. The number of carbonyl (C=O) groups is 1. The summed E-state index contributed by atoms with van der Waals surface area (Å²) < 4.78 is 0. The molecule has 0 atom stereocenters. The van der Waals surface area contributed by atoms with Crippen molar-refractivity contribution in [1.82, 2.24) is 20.3 Å². The summed E-state index contributed by atoms with van der Waals surface area (Å²) >= 11 is 0. The summed E-state index contributed by atoms with van der Waals surface area (Å²) in [6.07, 6.45) is 1.75. The molecule has 0 spiro atoms. The van der Waals surface area contributed by atoms with Gasteiger partial charge in [0.05, 0.1) is 0 Å². The van der Waals surface area contributed by atoms with E-state index in [9.17, 15) is 4.79 Å². The first-order valence-electron chi connectivity index (χ1n) is 10.8. The Hall–Kier alpha value is -4.26. The molecule has 0 fully saturated rings. The third kappa shape index (κ3) is 6.13. The molecule has 0 aliphatic carbocycles. The Bertz CT molecular complexity index is 1230. The van der Waals surface area contributed by atoms with E-state index in [2.05, 4.69) is 30.9 Å². The van der Waals surface area contributed by atoms with Crippen LogP contribution in [-0.4, -0.2) is 33.9 Å². The highest BCUT2D eigenvalue weighted by Gasteiger charge is 2.07. The maximum atomic E-state index is 12.5. The SMILES string of the molecule is Cc1ccnc(Nc2cc(NCCNC(=O)c3ccc(-c4ccccc4)cc3)nc(C)n2)c1. The first-order chi connectivity index (χ1) is 16.1. The van der Waals surface area contributed by atoms with Gasteiger partial charge in [-0.05, 0) is 54.8 Å². The Morgan fingerprint density at radius 1 is 0.788 bits per heavy atom. The van der Waals surface area contributed by atoms with Gasteiger partial charge in [0.1, 0.15) is 23.3 Å². The van der Waals surface area contributed by atoms with Crippen LogP contribution >= 0.6 is 0 Å². The molecule has 2 heterocycles. The molecule has 2 aromatic carbocycles. The van der Waals surface area contributed by atoms with Crippen LogP contribution in [0.5, 0.6) is 0 Å². The lowest BCUT2D eigenvalue weighted by atomic mass is 10.0. The number of aryl methyl sites for hydroxylation is 2. The van der Waals surface area contributed by atoms with E-state index in [1.54, 1.807) is 6.20 Å². The standard InChI is InChI=1S/C26H26N6O/c1-18-12-13-27-23(16-18)32-25-17-24(30-19(2)31-25)28-14-15-29-26(33)22-10-8-21(9-11-22)20-6-4-3-5-7-20/h3-13,16-17H,14-15H2,1-2H3,(H,29,33)(H2,27,28,30,31,32). The maximum Gasteiger partial charge on any atom is 0.251 e. The minimum absolute atomic E-state index is 0.108. The third-order valence-corrected chi connectivity index (χ3v) is 4.98. The lowest BCUT2D eigenvalue weighted by Crippen LogP contribution is -2.28. The molecule has 0 radical (unpaired) electrons. The lowest BCUT2D eigenvalue weighted by Gasteiger charge is -2.11. The lowest BCUT2D eigenvalue weighted by molar-refractivity contribution is 0.0955. The average Bonchev–Trinajstić information content (AvgIpc) is 2.82. The summed E-state index contributed by atoms with van der Waals surface area (Å²) in [4.78, 5) is 25.6. The topological polar surface area (TPSA) is 91.8 Å². The zero-order valence-corrected chi connectivity index (χ0v) is 18.7. The highest BCUT2D eigenvalue weighted by molar-refractivity contribution is 5.94. The van der Waals surface area contributed by atoms with Crippen LogP contribution in [0.4, 0.5) is 17.5 Å². The van der Waals surface area contributed by atoms with Crippen LogP contribution in [0.3, 0.4) is 0 Å². The maximum absolute atomic E-state index is 12.5. The number of hydrogen-bond acceptors (Lipinski definition) is 6. The van der Waals surface area contributed by atoms with Crippen LogP contribution < -0.4 is 16.0 Å². The van der Waals surface area contributed by atoms with E-state index in [1.165, 1.54) is 0 Å². The van der Waals surface area contributed by atoms with Gasteiger partial charge in [-0.2, -0.15) is 0 Å². The van der Waals surface area contributed by atoms with Crippen molar-refractivity contribution >= 4 is 23.4 Å². The predicted molar refractivity (Wildman–Crippen MR) is 132 cm³/mol. The van der Waals surface area contributed by atoms with Gasteiger partial charge in [-0.15, -0.1) is 0 Å². The van der Waals surface area contributed by atoms with Crippen LogP contribution in [0.1, 0.15) is 21.7 Å². The molecule has 0 aliphatic heterocycles. The quantitative estimate of drug-likeness (QED) is 0.344. The molecular formula is C26H26N6O. The Morgan fingerprint density at radius 3 is 2.27 bits per heavy atom. The summed E-state index contributed by atoms with van der Waals surface area (Å²) in [7, 11) is 0. The minimum Gasteiger partial charge on any atom is -0.368 e. The molecule has 3 N–H and O–H groups in total. The van der Waals surface area contributed by atoms with Crippen molar-refractivity contribution < 1.29 is 4.79 Å². The molecule has 0 bridgehead atoms. The van der Waals surface area contributed by atoms with Crippen molar-refractivity contribution in [3.05, 3.63) is 95.9 Å². The van der Waals surface area contributed by atoms with Gasteiger partial charge in [0.15, 0.2) is 0 Å². The van der Waals surface area contributed by atoms with Gasteiger partial charge in [0.25, 0.3) is 5.91 Å². The third-order valence-electron chi connectivity index (χ3n) is 4.98. The minimum atomic E-state index is -0.108. The molecular weight excluding hydrogens is 412 g/mol. The van der Waals surface area contributed by atoms with Crippen LogP contribution in [0.2, 0.25) is 0 Å². The van der Waals surface area contributed by atoms with Crippen LogP contribution in [0.25, 0.3) is 11.1 Å². The fourth-order valence-corrected chi connectivity index (χ4v) is 3.37. The van der Waals surface area contributed by atoms with Crippen molar-refractivity contribution in [2.75, 3.05) is 23.7 Å². The summed E-state index contributed by atoms with van der Waals surface area (Å²) in [6, 6.07) is 23.4. The second-order valence-electron chi connectivity index (χ2n) is 7.66. The first kappa shape index (κ1) is 22.0. The first-order valence-corrected chi connectivity index (χ1v) is 10.8. The molecule has 0 saturated carbocycles. The Morgan fingerprint density at radius 2 is 1.52 bits per heavy atom. The number of amides is 1. The molecule has 7 heteroatoms. The second-order valence-corrected chi connectivity index (χ2v) is 7.66. The molecule has 4 rings (SSSR count). The van der Waals surface area contributed by atoms with Crippen molar-refractivity contribution in [2.45, 2.75) is 13.8 Å². The molecule has 1 amide bonds. The van der Waals surface area contributed by atoms with Crippen molar-refractivity contribution in [3.8, 4) is 11.1 Å². The van der Waals surface area contributed by atoms with Gasteiger partial charge in [0, 0.05) is 30.9 Å². The van der Waals surface area contributed by atoms with Gasteiger partial charge >= 0.3 is 0 Å². The summed E-state index contributed by atoms with van der Waals surface area (Å²) in [5.74, 6) is 2.59. The fourth-order valence-electron chi connectivity index (χ4n) is 3.37. The molecule has 4 aromatic rings. The zero-order valence-electron chi connectivity index (χ0n) is 18.7. The van der Waals surface area contributed by atoms with Gasteiger partial charge in [-0.3, -0.25) is 4.79 Å². The van der Waals surface area contributed by atoms with E-state index in [0.29, 0.717) is 36.1 Å². The molecule has 166 valence electrons. The number of carbonyl (C=O) groups excluding carboxylic acids is 1. The number of nitrogens with one attached hydrogen (secondary N) is 3. The molecule has 33 heavy (non-hydrogen) atoms. The van der Waals surface area contributed by atoms with E-state index in [-0.39, 0.29) is 5.91 Å². The van der Waals surface area contributed by atoms with Crippen LogP contribution in [0.15, 0.2) is 79.0 Å². The summed E-state index contributed by atoms with van der Waals surface area (Å²) in [5, 5.41) is 9.37. The smallest absolute Gasteiger partial charge is 0.251 e. The van der Waals surface area contributed by atoms with Crippen molar-refractivity contribution in [2.24, 2.45) is 0 Å². The van der Waals surface area contributed by atoms with Gasteiger partial charge in [-0.1, -0.05) is 42.5 Å². The summed E-state index contributed by atoms with van der Waals surface area (Å²) in [6.45, 7) is 4.84. The number of nitrogens with zero attached hydrogens (tertiary/aromatic N) is 3. The molecule has 2 aromatic heterocycles. The van der Waals surface area contributed by atoms with Gasteiger partial charge in [0.2, 0.25) is 0 Å². The normalized spacial score (nSPS) is 10.5. The molecule has 0 unspecified atom stereocenters. The number of hydrogen-bond donors (Lipinski definition) is 3. The zero-order chi connectivity index (χ0) is 23.0.